The summed E-state index contributed by atoms with van der Waals surface area (Å²) in [6, 6.07) is 0.105. The van der Waals surface area contributed by atoms with E-state index in [1.807, 2.05) is 4.57 Å². The van der Waals surface area contributed by atoms with Crippen molar-refractivity contribution in [3.05, 3.63) is 11.6 Å². The van der Waals surface area contributed by atoms with Crippen LogP contribution in [0, 0.1) is 30.1 Å². The quantitative estimate of drug-likeness (QED) is 0.214. The van der Waals surface area contributed by atoms with E-state index in [2.05, 4.69) is 38.1 Å². The normalized spacial score (nSPS) is 22.9. The fourth-order valence-electron chi connectivity index (χ4n) is 4.99. The van der Waals surface area contributed by atoms with Gasteiger partial charge < -0.3 is 30.9 Å². The molecule has 2 fully saturated rings. The molecule has 0 saturated heterocycles. The van der Waals surface area contributed by atoms with Crippen molar-refractivity contribution in [3.63, 3.8) is 0 Å². The summed E-state index contributed by atoms with van der Waals surface area (Å²) in [5, 5.41) is 32.8. The van der Waals surface area contributed by atoms with Crippen molar-refractivity contribution < 1.29 is 20.1 Å². The van der Waals surface area contributed by atoms with Crippen LogP contribution in [0.1, 0.15) is 69.6 Å². The molecule has 0 aromatic carbocycles. The zero-order chi connectivity index (χ0) is 25.1. The van der Waals surface area contributed by atoms with Gasteiger partial charge in [-0.1, -0.05) is 6.42 Å². The van der Waals surface area contributed by atoms with Crippen LogP contribution in [0.4, 0.5) is 10.6 Å². The Morgan fingerprint density at radius 3 is 2.54 bits per heavy atom. The van der Waals surface area contributed by atoms with Gasteiger partial charge in [0.25, 0.3) is 0 Å². The van der Waals surface area contributed by atoms with Gasteiger partial charge in [-0.15, -0.1) is 12.3 Å². The molecule has 35 heavy (non-hydrogen) atoms. The van der Waals surface area contributed by atoms with Gasteiger partial charge in [0.05, 0.1) is 6.61 Å². The molecule has 6 N–H and O–H groups in total. The Balaban J connectivity index is 1.80. The number of anilines is 1. The standard InChI is InChI=1S/C24H33N7O4/c1-3-14-7-9-15(10-8-14)11-31-18-20(26-13(2)16-5-4-6-16)28-22(19(25)27-24(34)35)29-21(18)30-23(31)17(33)12-32/h1,13-17,32-33H,4-12H2,2H3,(H2,25,27)(H,34,35)(H,26,28,29). The molecule has 2 aliphatic carbocycles. The molecular formula is C24H33N7O4. The van der Waals surface area contributed by atoms with Crippen molar-refractivity contribution in [1.29, 1.82) is 0 Å². The number of aromatic nitrogens is 4. The summed E-state index contributed by atoms with van der Waals surface area (Å²) in [5.74, 6) is 4.27. The Morgan fingerprint density at radius 1 is 1.26 bits per heavy atom. The van der Waals surface area contributed by atoms with Crippen LogP contribution in [0.2, 0.25) is 0 Å². The van der Waals surface area contributed by atoms with Gasteiger partial charge in [0.1, 0.15) is 17.4 Å². The molecule has 2 aromatic heterocycles. The number of rotatable bonds is 8. The molecule has 4 rings (SSSR count). The number of amidine groups is 1. The maximum absolute atomic E-state index is 11.1. The zero-order valence-corrected chi connectivity index (χ0v) is 19.9. The minimum atomic E-state index is -1.45. The number of hydrogen-bond acceptors (Lipinski definition) is 7. The molecule has 2 atom stereocenters. The lowest BCUT2D eigenvalue weighted by molar-refractivity contribution is 0.0847. The van der Waals surface area contributed by atoms with Crippen LogP contribution in [-0.2, 0) is 6.54 Å². The van der Waals surface area contributed by atoms with Gasteiger partial charge >= 0.3 is 6.09 Å². The summed E-state index contributed by atoms with van der Waals surface area (Å²) in [5.41, 5.74) is 6.71. The Labute approximate surface area is 203 Å². The van der Waals surface area contributed by atoms with Gasteiger partial charge in [-0.05, 0) is 57.3 Å². The molecule has 2 heterocycles. The van der Waals surface area contributed by atoms with E-state index in [4.69, 9.17) is 17.3 Å². The first-order valence-electron chi connectivity index (χ1n) is 12.2. The van der Waals surface area contributed by atoms with E-state index in [1.165, 1.54) is 6.42 Å². The number of hydrogen-bond donors (Lipinski definition) is 5. The topological polar surface area (TPSA) is 172 Å². The highest BCUT2D eigenvalue weighted by Crippen LogP contribution is 2.35. The number of terminal acetylenes is 1. The molecule has 11 heteroatoms. The number of carboxylic acid groups (broad SMARTS) is 1. The Morgan fingerprint density at radius 2 is 1.97 bits per heavy atom. The first-order chi connectivity index (χ1) is 16.8. The van der Waals surface area contributed by atoms with Gasteiger partial charge in [0, 0.05) is 18.5 Å². The number of aliphatic imine (C=N–C) groups is 1. The second-order valence-corrected chi connectivity index (χ2v) is 9.63. The van der Waals surface area contributed by atoms with Crippen LogP contribution >= 0.6 is 0 Å². The zero-order valence-electron chi connectivity index (χ0n) is 19.9. The van der Waals surface area contributed by atoms with E-state index in [-0.39, 0.29) is 35.1 Å². The lowest BCUT2D eigenvalue weighted by atomic mass is 9.80. The van der Waals surface area contributed by atoms with Crippen LogP contribution in [0.25, 0.3) is 11.2 Å². The predicted octanol–water partition coefficient (Wildman–Crippen LogP) is 2.28. The molecule has 2 aromatic rings. The minimum Gasteiger partial charge on any atom is -0.463 e. The van der Waals surface area contributed by atoms with Crippen molar-refractivity contribution in [2.75, 3.05) is 11.9 Å². The van der Waals surface area contributed by atoms with E-state index < -0.39 is 18.8 Å². The average molecular weight is 484 g/mol. The van der Waals surface area contributed by atoms with Crippen LogP contribution in [0.3, 0.4) is 0 Å². The molecule has 188 valence electrons. The Bertz CT molecular complexity index is 1140. The first-order valence-corrected chi connectivity index (χ1v) is 12.2. The molecule has 0 bridgehead atoms. The van der Waals surface area contributed by atoms with E-state index in [9.17, 15) is 15.0 Å². The monoisotopic (exact) mass is 483 g/mol. The summed E-state index contributed by atoms with van der Waals surface area (Å²) in [7, 11) is 0. The SMILES string of the molecule is C#CC1CCC(Cn2c(C(O)CO)nc3nc(C(N)=NC(=O)O)nc(NC(C)C4CCC4)c32)CC1. The lowest BCUT2D eigenvalue weighted by Crippen LogP contribution is -2.32. The second kappa shape index (κ2) is 10.6. The number of nitrogens with one attached hydrogen (secondary N) is 1. The third-order valence-corrected chi connectivity index (χ3v) is 7.29. The van der Waals surface area contributed by atoms with Crippen LogP contribution in [0.5, 0.6) is 0 Å². The van der Waals surface area contributed by atoms with E-state index in [0.717, 1.165) is 38.5 Å². The third kappa shape index (κ3) is 5.39. The molecule has 1 amide bonds. The molecule has 2 saturated carbocycles. The molecule has 2 unspecified atom stereocenters. The summed E-state index contributed by atoms with van der Waals surface area (Å²) in [4.78, 5) is 27.8. The van der Waals surface area contributed by atoms with Gasteiger partial charge in [-0.25, -0.2) is 19.7 Å². The van der Waals surface area contributed by atoms with Gasteiger partial charge in [-0.3, -0.25) is 0 Å². The number of amides is 1. The summed E-state index contributed by atoms with van der Waals surface area (Å²) in [6.45, 7) is 2.14. The van der Waals surface area contributed by atoms with Crippen LogP contribution < -0.4 is 11.1 Å². The van der Waals surface area contributed by atoms with Gasteiger partial charge in [0.15, 0.2) is 23.1 Å². The highest BCUT2D eigenvalue weighted by atomic mass is 16.4. The number of carbonyl (C=O) groups is 1. The van der Waals surface area contributed by atoms with Crippen LogP contribution in [0.15, 0.2) is 4.99 Å². The molecule has 0 spiro atoms. The van der Waals surface area contributed by atoms with E-state index >= 15 is 0 Å². The van der Waals surface area contributed by atoms with Gasteiger partial charge in [-0.2, -0.15) is 4.99 Å². The van der Waals surface area contributed by atoms with E-state index in [0.29, 0.717) is 29.7 Å². The van der Waals surface area contributed by atoms with Crippen molar-refractivity contribution in [2.45, 2.75) is 70.6 Å². The third-order valence-electron chi connectivity index (χ3n) is 7.29. The van der Waals surface area contributed by atoms with Gasteiger partial charge in [0.2, 0.25) is 0 Å². The first kappa shape index (κ1) is 24.9. The molecule has 0 radical (unpaired) electrons. The molecule has 11 nitrogen and oxygen atoms in total. The van der Waals surface area contributed by atoms with Crippen molar-refractivity contribution in [1.82, 2.24) is 19.5 Å². The maximum Gasteiger partial charge on any atom is 0.433 e. The number of aliphatic hydroxyl groups is 2. The van der Waals surface area contributed by atoms with E-state index in [1.54, 1.807) is 0 Å². The molecule has 0 aliphatic heterocycles. The summed E-state index contributed by atoms with van der Waals surface area (Å²) >= 11 is 0. The number of imidazole rings is 1. The van der Waals surface area contributed by atoms with Crippen molar-refractivity contribution in [3.8, 4) is 12.3 Å². The Kier molecular flexibility index (Phi) is 7.52. The number of nitrogens with zero attached hydrogens (tertiary/aromatic N) is 5. The fourth-order valence-corrected chi connectivity index (χ4v) is 4.99. The average Bonchev–Trinajstić information content (AvgIpc) is 3.15. The highest BCUT2D eigenvalue weighted by Gasteiger charge is 2.29. The number of nitrogens with two attached hydrogens (primary N) is 1. The Hall–Kier alpha value is -3.23. The number of fused-ring (bicyclic) bond motifs is 1. The molecule has 2 aliphatic rings. The maximum atomic E-state index is 11.1. The van der Waals surface area contributed by atoms with Crippen molar-refractivity contribution in [2.24, 2.45) is 28.5 Å². The minimum absolute atomic E-state index is 0.0626. The van der Waals surface area contributed by atoms with Crippen molar-refractivity contribution >= 4 is 28.9 Å². The largest absolute Gasteiger partial charge is 0.463 e. The molecular weight excluding hydrogens is 450 g/mol. The second-order valence-electron chi connectivity index (χ2n) is 9.63. The summed E-state index contributed by atoms with van der Waals surface area (Å²) < 4.78 is 1.88. The highest BCUT2D eigenvalue weighted by molar-refractivity contribution is 6.01. The smallest absolute Gasteiger partial charge is 0.433 e. The summed E-state index contributed by atoms with van der Waals surface area (Å²) in [6.07, 6.45) is 10.1. The fraction of sp³-hybridized carbons (Fsp3) is 0.625. The predicted molar refractivity (Wildman–Crippen MR) is 131 cm³/mol. The van der Waals surface area contributed by atoms with Crippen LogP contribution in [-0.4, -0.2) is 59.4 Å². The lowest BCUT2D eigenvalue weighted by Gasteiger charge is -2.32. The number of aliphatic hydroxyl groups excluding tert-OH is 2.